The van der Waals surface area contributed by atoms with Gasteiger partial charge in [0.15, 0.2) is 11.5 Å². The van der Waals surface area contributed by atoms with E-state index in [1.807, 2.05) is 51.1 Å². The van der Waals surface area contributed by atoms with Crippen molar-refractivity contribution in [3.63, 3.8) is 0 Å². The summed E-state index contributed by atoms with van der Waals surface area (Å²) >= 11 is 0. The second-order valence-electron chi connectivity index (χ2n) is 10.1. The van der Waals surface area contributed by atoms with Crippen molar-refractivity contribution in [1.82, 2.24) is 25.2 Å². The zero-order chi connectivity index (χ0) is 27.6. The lowest BCUT2D eigenvalue weighted by Crippen LogP contribution is -2.50. The molecule has 4 aromatic rings. The van der Waals surface area contributed by atoms with Crippen LogP contribution in [-0.2, 0) is 22.7 Å². The van der Waals surface area contributed by atoms with Crippen molar-refractivity contribution in [3.8, 4) is 11.5 Å². The molecule has 0 radical (unpaired) electrons. The molecule has 1 aromatic heterocycles. The van der Waals surface area contributed by atoms with Gasteiger partial charge in [-0.15, -0.1) is 5.10 Å². The maximum Gasteiger partial charge on any atom is 0.247 e. The van der Waals surface area contributed by atoms with Crippen LogP contribution >= 0.6 is 0 Å². The molecule has 39 heavy (non-hydrogen) atoms. The number of carbonyl (C=O) groups is 2. The number of halogens is 1. The summed E-state index contributed by atoms with van der Waals surface area (Å²) < 4.78 is 26.4. The van der Waals surface area contributed by atoms with Gasteiger partial charge in [-0.05, 0) is 67.8 Å². The van der Waals surface area contributed by atoms with Gasteiger partial charge in [0.1, 0.15) is 23.9 Å². The minimum atomic E-state index is -1.04. The molecule has 1 N–H and O–H groups in total. The molecule has 5 rings (SSSR count). The molecule has 1 atom stereocenters. The number of hydrogen-bond acceptors (Lipinski definition) is 6. The summed E-state index contributed by atoms with van der Waals surface area (Å²) in [7, 11) is 0. The molecule has 2 heterocycles. The lowest BCUT2D eigenvalue weighted by atomic mass is 9.98. The number of benzene rings is 3. The van der Waals surface area contributed by atoms with Crippen LogP contribution in [0.4, 0.5) is 4.39 Å². The number of ether oxygens (including phenoxy) is 2. The van der Waals surface area contributed by atoms with Gasteiger partial charge in [-0.1, -0.05) is 42.5 Å². The third kappa shape index (κ3) is 5.69. The van der Waals surface area contributed by atoms with E-state index in [4.69, 9.17) is 9.47 Å². The minimum absolute atomic E-state index is 0.0874. The molecule has 0 spiro atoms. The van der Waals surface area contributed by atoms with Crippen LogP contribution < -0.4 is 14.8 Å². The number of nitrogens with one attached hydrogen (secondary N) is 1. The highest BCUT2D eigenvalue weighted by atomic mass is 19.1. The molecule has 2 amide bonds. The number of carbonyl (C=O) groups excluding carboxylic acids is 2. The predicted octanol–water partition coefficient (Wildman–Crippen LogP) is 4.37. The number of aromatic nitrogens is 3. The van der Waals surface area contributed by atoms with Gasteiger partial charge in [0, 0.05) is 12.1 Å². The molecule has 9 nitrogen and oxygen atoms in total. The first kappa shape index (κ1) is 26.1. The Labute approximate surface area is 225 Å². The zero-order valence-corrected chi connectivity index (χ0v) is 22.1. The largest absolute Gasteiger partial charge is 0.454 e. The molecule has 1 aliphatic heterocycles. The monoisotopic (exact) mass is 531 g/mol. The first-order valence-electron chi connectivity index (χ1n) is 12.8. The molecule has 10 heteroatoms. The Morgan fingerprint density at radius 1 is 1.08 bits per heavy atom. The lowest BCUT2D eigenvalue weighted by molar-refractivity contribution is -0.143. The van der Waals surface area contributed by atoms with E-state index in [1.54, 1.807) is 12.1 Å². The molecule has 1 unspecified atom stereocenters. The summed E-state index contributed by atoms with van der Waals surface area (Å²) in [5.41, 5.74) is 2.06. The highest BCUT2D eigenvalue weighted by Crippen LogP contribution is 2.34. The average molecular weight is 532 g/mol. The Balaban J connectivity index is 1.55. The SMILES string of the molecule is CCC(C)(C)NC(=O)C(c1ccc(F)cc1)N(Cc1ccc2c(c1)OCO2)C(=O)Cn1nnc2ccccc21. The topological polar surface area (TPSA) is 98.6 Å². The molecule has 0 bridgehead atoms. The van der Waals surface area contributed by atoms with Crippen LogP contribution in [0.15, 0.2) is 66.7 Å². The lowest BCUT2D eigenvalue weighted by Gasteiger charge is -2.34. The molecule has 0 fully saturated rings. The molecular weight excluding hydrogens is 501 g/mol. The normalized spacial score (nSPS) is 13.3. The van der Waals surface area contributed by atoms with Crippen molar-refractivity contribution in [1.29, 1.82) is 0 Å². The standard InChI is InChI=1S/C29H30FN5O4/c1-4-29(2,3)31-28(37)27(20-10-12-21(30)13-11-20)34(16-19-9-14-24-25(15-19)39-18-38-24)26(36)17-35-23-8-6-5-7-22(23)32-33-35/h5-15,27H,4,16-18H2,1-3H3,(H,31,37). The van der Waals surface area contributed by atoms with Crippen LogP contribution in [-0.4, -0.2) is 44.0 Å². The van der Waals surface area contributed by atoms with Gasteiger partial charge >= 0.3 is 0 Å². The third-order valence-electron chi connectivity index (χ3n) is 6.91. The Kier molecular flexibility index (Phi) is 7.19. The van der Waals surface area contributed by atoms with Crippen LogP contribution in [0.1, 0.15) is 44.4 Å². The van der Waals surface area contributed by atoms with E-state index in [0.29, 0.717) is 34.5 Å². The number of para-hydroxylation sites is 1. The quantitative estimate of drug-likeness (QED) is 0.344. The van der Waals surface area contributed by atoms with Gasteiger partial charge in [-0.3, -0.25) is 9.59 Å². The Hall–Kier alpha value is -4.47. The van der Waals surface area contributed by atoms with E-state index in [9.17, 15) is 14.0 Å². The second-order valence-corrected chi connectivity index (χ2v) is 10.1. The first-order chi connectivity index (χ1) is 18.7. The number of hydrogen-bond donors (Lipinski definition) is 1. The molecule has 0 saturated heterocycles. The van der Waals surface area contributed by atoms with Crippen molar-refractivity contribution in [2.24, 2.45) is 0 Å². The summed E-state index contributed by atoms with van der Waals surface area (Å²) in [4.78, 5) is 29.4. The summed E-state index contributed by atoms with van der Waals surface area (Å²) in [5, 5.41) is 11.4. The number of rotatable bonds is 9. The van der Waals surface area contributed by atoms with Gasteiger partial charge < -0.3 is 19.7 Å². The highest BCUT2D eigenvalue weighted by Gasteiger charge is 2.34. The summed E-state index contributed by atoms with van der Waals surface area (Å²) in [6.45, 7) is 5.86. The van der Waals surface area contributed by atoms with Crippen molar-refractivity contribution in [3.05, 3.63) is 83.7 Å². The van der Waals surface area contributed by atoms with Crippen molar-refractivity contribution < 1.29 is 23.5 Å². The van der Waals surface area contributed by atoms with E-state index in [-0.39, 0.29) is 31.7 Å². The molecule has 0 aliphatic carbocycles. The zero-order valence-electron chi connectivity index (χ0n) is 22.1. The fraction of sp³-hybridized carbons (Fsp3) is 0.310. The minimum Gasteiger partial charge on any atom is -0.454 e. The fourth-order valence-electron chi connectivity index (χ4n) is 4.42. The summed E-state index contributed by atoms with van der Waals surface area (Å²) in [6.07, 6.45) is 0.677. The maximum absolute atomic E-state index is 14.0. The van der Waals surface area contributed by atoms with Crippen LogP contribution in [0.25, 0.3) is 11.0 Å². The van der Waals surface area contributed by atoms with Gasteiger partial charge in [0.05, 0.1) is 5.52 Å². The average Bonchev–Trinajstić information content (AvgIpc) is 3.56. The number of fused-ring (bicyclic) bond motifs is 2. The van der Waals surface area contributed by atoms with Crippen molar-refractivity contribution >= 4 is 22.8 Å². The third-order valence-corrected chi connectivity index (χ3v) is 6.91. The summed E-state index contributed by atoms with van der Waals surface area (Å²) in [5.74, 6) is 0.0166. The van der Waals surface area contributed by atoms with Gasteiger partial charge in [0.25, 0.3) is 0 Å². The van der Waals surface area contributed by atoms with Crippen molar-refractivity contribution in [2.45, 2.75) is 51.9 Å². The summed E-state index contributed by atoms with van der Waals surface area (Å²) in [6, 6.07) is 17.3. The second kappa shape index (κ2) is 10.7. The molecule has 0 saturated carbocycles. The Morgan fingerprint density at radius 3 is 2.59 bits per heavy atom. The molecule has 3 aromatic carbocycles. The van der Waals surface area contributed by atoms with Gasteiger partial charge in [-0.25, -0.2) is 9.07 Å². The van der Waals surface area contributed by atoms with Crippen LogP contribution in [0.2, 0.25) is 0 Å². The number of nitrogens with zero attached hydrogens (tertiary/aromatic N) is 4. The maximum atomic E-state index is 14.0. The first-order valence-corrected chi connectivity index (χ1v) is 12.8. The van der Waals surface area contributed by atoms with Gasteiger partial charge in [-0.2, -0.15) is 0 Å². The van der Waals surface area contributed by atoms with E-state index < -0.39 is 17.4 Å². The molecule has 1 aliphatic rings. The van der Waals surface area contributed by atoms with E-state index in [1.165, 1.54) is 33.8 Å². The highest BCUT2D eigenvalue weighted by molar-refractivity contribution is 5.89. The van der Waals surface area contributed by atoms with Gasteiger partial charge in [0.2, 0.25) is 18.6 Å². The van der Waals surface area contributed by atoms with E-state index in [0.717, 1.165) is 5.56 Å². The smallest absolute Gasteiger partial charge is 0.247 e. The van der Waals surface area contributed by atoms with Crippen LogP contribution in [0.5, 0.6) is 11.5 Å². The van der Waals surface area contributed by atoms with Crippen LogP contribution in [0.3, 0.4) is 0 Å². The van der Waals surface area contributed by atoms with Crippen molar-refractivity contribution in [2.75, 3.05) is 6.79 Å². The molecular formula is C29H30FN5O4. The predicted molar refractivity (Wildman–Crippen MR) is 142 cm³/mol. The number of amides is 2. The van der Waals surface area contributed by atoms with E-state index >= 15 is 0 Å². The Bertz CT molecular complexity index is 1500. The Morgan fingerprint density at radius 2 is 1.82 bits per heavy atom. The fourth-order valence-corrected chi connectivity index (χ4v) is 4.42. The van der Waals surface area contributed by atoms with Crippen LogP contribution in [0, 0.1) is 5.82 Å². The van der Waals surface area contributed by atoms with E-state index in [2.05, 4.69) is 15.6 Å². The molecule has 202 valence electrons.